The molecule has 0 spiro atoms. The molecule has 2 N–H and O–H groups in total. The summed E-state index contributed by atoms with van der Waals surface area (Å²) in [5.74, 6) is -1.12. The Morgan fingerprint density at radius 1 is 1.15 bits per heavy atom. The molecular weight excluding hydrogens is 541 g/mol. The van der Waals surface area contributed by atoms with Crippen molar-refractivity contribution >= 4 is 40.3 Å². The Balaban J connectivity index is 1.57. The molecule has 0 atom stereocenters. The largest absolute Gasteiger partial charge is 0.457 e. The minimum Gasteiger partial charge on any atom is -0.457 e. The standard InChI is InChI=1S/C26H20F5N5O2S/c1-3-10-39-15(2)33-24(37)22-13-18(8-9-32-22)38-17-5-7-23-21(12-17)35-25(36(23)14-27)34-20-11-16(26(29,30)31)4-6-19(20)28/h3-13H,2,14H2,1H3,(H,33,37)(H,34,35)/b10-3-. The average Bonchev–Trinajstić information content (AvgIpc) is 3.24. The number of nitrogens with one attached hydrogen (secondary N) is 2. The summed E-state index contributed by atoms with van der Waals surface area (Å²) in [5.41, 5.74) is -1.000. The monoisotopic (exact) mass is 561 g/mol. The van der Waals surface area contributed by atoms with Gasteiger partial charge < -0.3 is 15.4 Å². The Bertz CT molecular complexity index is 1570. The first-order chi connectivity index (χ1) is 18.6. The van der Waals surface area contributed by atoms with Crippen LogP contribution in [0.4, 0.5) is 33.6 Å². The van der Waals surface area contributed by atoms with Crippen LogP contribution in [0.15, 0.2) is 77.8 Å². The van der Waals surface area contributed by atoms with Gasteiger partial charge in [-0.15, -0.1) is 0 Å². The second-order valence-electron chi connectivity index (χ2n) is 7.89. The SMILES string of the molecule is C=C(NC(=O)c1cc(Oc2ccc3c(c2)nc(Nc2cc(C(F)(F)F)ccc2F)n3CF)ccn1)S/C=C\C. The fourth-order valence-electron chi connectivity index (χ4n) is 3.41. The summed E-state index contributed by atoms with van der Waals surface area (Å²) in [5, 5.41) is 7.22. The normalized spacial score (nSPS) is 11.6. The molecule has 0 fully saturated rings. The van der Waals surface area contributed by atoms with Gasteiger partial charge in [0.2, 0.25) is 5.95 Å². The molecule has 202 valence electrons. The van der Waals surface area contributed by atoms with Gasteiger partial charge in [-0.1, -0.05) is 24.4 Å². The molecule has 0 bridgehead atoms. The lowest BCUT2D eigenvalue weighted by atomic mass is 10.2. The number of benzene rings is 2. The zero-order valence-electron chi connectivity index (χ0n) is 20.2. The van der Waals surface area contributed by atoms with Gasteiger partial charge in [0, 0.05) is 18.3 Å². The fourth-order valence-corrected chi connectivity index (χ4v) is 3.86. The van der Waals surface area contributed by atoms with Crippen molar-refractivity contribution in [3.63, 3.8) is 0 Å². The van der Waals surface area contributed by atoms with E-state index in [1.54, 1.807) is 11.5 Å². The zero-order chi connectivity index (χ0) is 28.2. The van der Waals surface area contributed by atoms with Crippen molar-refractivity contribution in [1.29, 1.82) is 0 Å². The van der Waals surface area contributed by atoms with Crippen molar-refractivity contribution in [2.45, 2.75) is 19.9 Å². The second kappa shape index (κ2) is 11.6. The molecule has 0 saturated heterocycles. The van der Waals surface area contributed by atoms with E-state index >= 15 is 0 Å². The lowest BCUT2D eigenvalue weighted by Gasteiger charge is -2.12. The number of amides is 1. The predicted octanol–water partition coefficient (Wildman–Crippen LogP) is 7.52. The van der Waals surface area contributed by atoms with Gasteiger partial charge >= 0.3 is 6.18 Å². The second-order valence-corrected chi connectivity index (χ2v) is 8.89. The Morgan fingerprint density at radius 2 is 1.92 bits per heavy atom. The number of allylic oxidation sites excluding steroid dienone is 1. The summed E-state index contributed by atoms with van der Waals surface area (Å²) in [6.45, 7) is 4.50. The van der Waals surface area contributed by atoms with Crippen molar-refractivity contribution in [3.05, 3.63) is 94.9 Å². The summed E-state index contributed by atoms with van der Waals surface area (Å²) in [7, 11) is 0. The van der Waals surface area contributed by atoms with E-state index in [1.165, 1.54) is 48.3 Å². The maximum atomic E-state index is 14.2. The minimum absolute atomic E-state index is 0.0760. The number of imidazole rings is 1. The molecule has 2 aromatic heterocycles. The number of rotatable bonds is 9. The van der Waals surface area contributed by atoms with Gasteiger partial charge in [0.05, 0.1) is 27.3 Å². The quantitative estimate of drug-likeness (QED) is 0.206. The smallest absolute Gasteiger partial charge is 0.416 e. The Kier molecular flexibility index (Phi) is 8.19. The molecule has 39 heavy (non-hydrogen) atoms. The molecule has 0 unspecified atom stereocenters. The topological polar surface area (TPSA) is 81.1 Å². The molecule has 7 nitrogen and oxygen atoms in total. The van der Waals surface area contributed by atoms with Crippen LogP contribution in [0.25, 0.3) is 11.0 Å². The number of ether oxygens (including phenoxy) is 1. The minimum atomic E-state index is -4.69. The van der Waals surface area contributed by atoms with E-state index < -0.39 is 36.0 Å². The molecule has 0 aliphatic heterocycles. The van der Waals surface area contributed by atoms with E-state index in [4.69, 9.17) is 4.74 Å². The molecule has 13 heteroatoms. The van der Waals surface area contributed by atoms with Gasteiger partial charge in [-0.25, -0.2) is 13.8 Å². The number of thioether (sulfide) groups is 1. The van der Waals surface area contributed by atoms with Gasteiger partial charge in [-0.3, -0.25) is 14.3 Å². The maximum absolute atomic E-state index is 14.2. The highest BCUT2D eigenvalue weighted by atomic mass is 32.2. The summed E-state index contributed by atoms with van der Waals surface area (Å²) in [6, 6.07) is 9.25. The summed E-state index contributed by atoms with van der Waals surface area (Å²) in [6.07, 6.45) is -1.51. The first-order valence-corrected chi connectivity index (χ1v) is 12.1. The van der Waals surface area contributed by atoms with Crippen LogP contribution in [0.5, 0.6) is 11.5 Å². The van der Waals surface area contributed by atoms with Crippen LogP contribution in [-0.2, 0) is 13.0 Å². The van der Waals surface area contributed by atoms with E-state index in [2.05, 4.69) is 27.2 Å². The molecule has 0 radical (unpaired) electrons. The molecule has 2 aromatic carbocycles. The van der Waals surface area contributed by atoms with Crippen molar-refractivity contribution < 1.29 is 31.5 Å². The summed E-state index contributed by atoms with van der Waals surface area (Å²) in [4.78, 5) is 20.7. The van der Waals surface area contributed by atoms with Crippen LogP contribution in [0.3, 0.4) is 0 Å². The number of hydrogen-bond donors (Lipinski definition) is 2. The first kappa shape index (κ1) is 27.6. The maximum Gasteiger partial charge on any atom is 0.416 e. The van der Waals surface area contributed by atoms with Crippen LogP contribution in [0.2, 0.25) is 0 Å². The number of nitrogens with zero attached hydrogens (tertiary/aromatic N) is 3. The Labute approximate surface area is 223 Å². The fraction of sp³-hybridized carbons (Fsp3) is 0.115. The summed E-state index contributed by atoms with van der Waals surface area (Å²) >= 11 is 1.24. The third-order valence-electron chi connectivity index (χ3n) is 5.18. The predicted molar refractivity (Wildman–Crippen MR) is 139 cm³/mol. The molecule has 0 aliphatic rings. The average molecular weight is 562 g/mol. The van der Waals surface area contributed by atoms with Crippen LogP contribution < -0.4 is 15.4 Å². The van der Waals surface area contributed by atoms with Gasteiger partial charge in [0.1, 0.15) is 23.0 Å². The number of carbonyl (C=O) groups excluding carboxylic acids is 1. The molecular formula is C26H20F5N5O2S. The lowest BCUT2D eigenvalue weighted by Crippen LogP contribution is -2.21. The molecule has 4 aromatic rings. The van der Waals surface area contributed by atoms with Crippen LogP contribution in [0, 0.1) is 5.82 Å². The Hall–Kier alpha value is -4.39. The van der Waals surface area contributed by atoms with E-state index in [-0.39, 0.29) is 34.2 Å². The molecule has 1 amide bonds. The van der Waals surface area contributed by atoms with Crippen molar-refractivity contribution in [2.75, 3.05) is 5.32 Å². The van der Waals surface area contributed by atoms with Gasteiger partial charge in [0.15, 0.2) is 6.80 Å². The number of carbonyl (C=O) groups is 1. The van der Waals surface area contributed by atoms with Crippen molar-refractivity contribution in [2.24, 2.45) is 0 Å². The highest BCUT2D eigenvalue weighted by Crippen LogP contribution is 2.34. The van der Waals surface area contributed by atoms with Gasteiger partial charge in [-0.2, -0.15) is 13.2 Å². The van der Waals surface area contributed by atoms with Crippen molar-refractivity contribution in [3.8, 4) is 11.5 Å². The first-order valence-electron chi connectivity index (χ1n) is 11.2. The van der Waals surface area contributed by atoms with Crippen LogP contribution in [-0.4, -0.2) is 20.4 Å². The zero-order valence-corrected chi connectivity index (χ0v) is 21.0. The van der Waals surface area contributed by atoms with Crippen LogP contribution >= 0.6 is 11.8 Å². The van der Waals surface area contributed by atoms with Crippen molar-refractivity contribution in [1.82, 2.24) is 19.9 Å². The van der Waals surface area contributed by atoms with Gasteiger partial charge in [-0.05, 0) is 48.7 Å². The number of alkyl halides is 4. The number of aromatic nitrogens is 3. The molecule has 0 saturated carbocycles. The number of pyridine rings is 1. The summed E-state index contributed by atoms with van der Waals surface area (Å²) < 4.78 is 74.1. The van der Waals surface area contributed by atoms with E-state index in [0.717, 1.165) is 4.57 Å². The third-order valence-corrected chi connectivity index (χ3v) is 5.97. The molecule has 0 aliphatic carbocycles. The highest BCUT2D eigenvalue weighted by molar-refractivity contribution is 8.05. The number of halogens is 5. The Morgan fingerprint density at radius 3 is 2.64 bits per heavy atom. The number of hydrogen-bond acceptors (Lipinski definition) is 6. The number of anilines is 2. The molecule has 2 heterocycles. The van der Waals surface area contributed by atoms with Gasteiger partial charge in [0.25, 0.3) is 5.91 Å². The highest BCUT2D eigenvalue weighted by Gasteiger charge is 2.31. The van der Waals surface area contributed by atoms with E-state index in [9.17, 15) is 26.7 Å². The van der Waals surface area contributed by atoms with E-state index in [1.807, 2.05) is 6.92 Å². The lowest BCUT2D eigenvalue weighted by molar-refractivity contribution is -0.137. The van der Waals surface area contributed by atoms with Crippen LogP contribution in [0.1, 0.15) is 23.0 Å². The third kappa shape index (κ3) is 6.55. The molecule has 4 rings (SSSR count). The number of fused-ring (bicyclic) bond motifs is 1. The van der Waals surface area contributed by atoms with E-state index in [0.29, 0.717) is 23.2 Å².